The topological polar surface area (TPSA) is 103 Å². The summed E-state index contributed by atoms with van der Waals surface area (Å²) in [5.41, 5.74) is 2.24. The van der Waals surface area contributed by atoms with Gasteiger partial charge in [0.25, 0.3) is 11.6 Å². The number of benzene rings is 2. The molecule has 3 rings (SSSR count). The summed E-state index contributed by atoms with van der Waals surface area (Å²) in [6, 6.07) is 12.3. The molecule has 132 valence electrons. The van der Waals surface area contributed by atoms with Gasteiger partial charge in [0, 0.05) is 12.1 Å². The number of nitro benzene ring substituents is 1. The highest BCUT2D eigenvalue weighted by atomic mass is 16.6. The molecule has 0 aliphatic heterocycles. The monoisotopic (exact) mass is 351 g/mol. The third-order valence-corrected chi connectivity index (χ3v) is 4.02. The first-order valence-electron chi connectivity index (χ1n) is 7.97. The summed E-state index contributed by atoms with van der Waals surface area (Å²) < 4.78 is 1.69. The van der Waals surface area contributed by atoms with E-state index in [4.69, 9.17) is 0 Å². The van der Waals surface area contributed by atoms with E-state index in [-0.39, 0.29) is 17.8 Å². The molecule has 26 heavy (non-hydrogen) atoms. The minimum absolute atomic E-state index is 0.0590. The number of amides is 1. The maximum absolute atomic E-state index is 12.5. The molecule has 3 aromatic rings. The van der Waals surface area contributed by atoms with Crippen LogP contribution in [0.5, 0.6) is 0 Å². The summed E-state index contributed by atoms with van der Waals surface area (Å²) in [7, 11) is 0. The minimum atomic E-state index is -0.525. The van der Waals surface area contributed by atoms with Gasteiger partial charge in [0.2, 0.25) is 0 Å². The predicted octanol–water partition coefficient (Wildman–Crippen LogP) is 2.47. The Bertz CT molecular complexity index is 938. The summed E-state index contributed by atoms with van der Waals surface area (Å²) in [4.78, 5) is 27.1. The van der Waals surface area contributed by atoms with Crippen molar-refractivity contribution < 1.29 is 9.72 Å². The predicted molar refractivity (Wildman–Crippen MR) is 94.6 cm³/mol. The van der Waals surface area contributed by atoms with E-state index < -0.39 is 10.8 Å². The normalized spacial score (nSPS) is 10.5. The fraction of sp³-hybridized carbons (Fsp3) is 0.167. The van der Waals surface area contributed by atoms with Crippen LogP contribution in [0.3, 0.4) is 0 Å². The molecule has 0 radical (unpaired) electrons. The number of rotatable bonds is 6. The van der Waals surface area contributed by atoms with Crippen LogP contribution in [-0.4, -0.2) is 25.6 Å². The highest BCUT2D eigenvalue weighted by Gasteiger charge is 2.22. The van der Waals surface area contributed by atoms with Crippen molar-refractivity contribution in [3.05, 3.63) is 87.5 Å². The van der Waals surface area contributed by atoms with Gasteiger partial charge >= 0.3 is 0 Å². The maximum atomic E-state index is 12.5. The first-order chi connectivity index (χ1) is 12.6. The van der Waals surface area contributed by atoms with Gasteiger partial charge in [0.05, 0.1) is 11.5 Å². The van der Waals surface area contributed by atoms with Crippen LogP contribution in [-0.2, 0) is 13.1 Å². The second-order valence-electron chi connectivity index (χ2n) is 5.77. The molecule has 1 amide bonds. The zero-order valence-electron chi connectivity index (χ0n) is 14.1. The van der Waals surface area contributed by atoms with Crippen molar-refractivity contribution in [3.8, 4) is 0 Å². The fourth-order valence-electron chi connectivity index (χ4n) is 2.73. The standard InChI is InChI=1S/C18H17N5O3/c1-13-5-4-8-16(17(13)23(25)26)18(24)20-9-14-6-2-3-7-15(14)10-22-12-19-11-21-22/h2-8,11-12H,9-10H2,1H3,(H,20,24). The number of nitrogens with zero attached hydrogens (tertiary/aromatic N) is 4. The van der Waals surface area contributed by atoms with E-state index in [1.165, 1.54) is 12.4 Å². The van der Waals surface area contributed by atoms with Gasteiger partial charge in [-0.1, -0.05) is 36.4 Å². The van der Waals surface area contributed by atoms with Gasteiger partial charge in [-0.05, 0) is 24.1 Å². The molecule has 0 aliphatic rings. The molecule has 0 atom stereocenters. The molecular formula is C18H17N5O3. The lowest BCUT2D eigenvalue weighted by Gasteiger charge is -2.11. The van der Waals surface area contributed by atoms with Crippen molar-refractivity contribution in [2.24, 2.45) is 0 Å². The first-order valence-corrected chi connectivity index (χ1v) is 7.97. The van der Waals surface area contributed by atoms with Crippen molar-refractivity contribution >= 4 is 11.6 Å². The lowest BCUT2D eigenvalue weighted by Crippen LogP contribution is -2.24. The average Bonchev–Trinajstić information content (AvgIpc) is 3.13. The minimum Gasteiger partial charge on any atom is -0.348 e. The molecule has 1 heterocycles. The zero-order valence-corrected chi connectivity index (χ0v) is 14.1. The van der Waals surface area contributed by atoms with Crippen LogP contribution in [0.15, 0.2) is 55.1 Å². The van der Waals surface area contributed by atoms with E-state index >= 15 is 0 Å². The van der Waals surface area contributed by atoms with Gasteiger partial charge in [0.15, 0.2) is 0 Å². The van der Waals surface area contributed by atoms with Crippen molar-refractivity contribution in [2.75, 3.05) is 0 Å². The van der Waals surface area contributed by atoms with Crippen LogP contribution in [0.2, 0.25) is 0 Å². The average molecular weight is 351 g/mol. The second kappa shape index (κ2) is 7.56. The van der Waals surface area contributed by atoms with Crippen LogP contribution >= 0.6 is 0 Å². The number of hydrogen-bond acceptors (Lipinski definition) is 5. The molecule has 2 aromatic carbocycles. The first kappa shape index (κ1) is 17.3. The second-order valence-corrected chi connectivity index (χ2v) is 5.77. The number of aryl methyl sites for hydroxylation is 1. The fourth-order valence-corrected chi connectivity index (χ4v) is 2.73. The molecule has 0 saturated heterocycles. The van der Waals surface area contributed by atoms with Crippen molar-refractivity contribution in [1.29, 1.82) is 0 Å². The highest BCUT2D eigenvalue weighted by molar-refractivity contribution is 5.98. The zero-order chi connectivity index (χ0) is 18.5. The number of carbonyl (C=O) groups is 1. The molecular weight excluding hydrogens is 334 g/mol. The smallest absolute Gasteiger partial charge is 0.285 e. The Kier molecular flexibility index (Phi) is 5.02. The van der Waals surface area contributed by atoms with Crippen LogP contribution in [0.1, 0.15) is 27.0 Å². The molecule has 0 saturated carbocycles. The van der Waals surface area contributed by atoms with E-state index in [9.17, 15) is 14.9 Å². The molecule has 0 aliphatic carbocycles. The van der Waals surface area contributed by atoms with Crippen LogP contribution < -0.4 is 5.32 Å². The van der Waals surface area contributed by atoms with Gasteiger partial charge in [-0.3, -0.25) is 14.9 Å². The molecule has 1 aromatic heterocycles. The van der Waals surface area contributed by atoms with Crippen molar-refractivity contribution in [2.45, 2.75) is 20.0 Å². The summed E-state index contributed by atoms with van der Waals surface area (Å²) in [5, 5.41) is 18.1. The van der Waals surface area contributed by atoms with E-state index in [1.54, 1.807) is 30.1 Å². The number of para-hydroxylation sites is 1. The Morgan fingerprint density at radius 3 is 2.65 bits per heavy atom. The Morgan fingerprint density at radius 2 is 1.96 bits per heavy atom. The SMILES string of the molecule is Cc1cccc(C(=O)NCc2ccccc2Cn2cncn2)c1[N+](=O)[O-]. The number of aromatic nitrogens is 3. The Balaban J connectivity index is 1.77. The number of nitrogens with one attached hydrogen (secondary N) is 1. The van der Waals surface area contributed by atoms with Gasteiger partial charge in [-0.15, -0.1) is 0 Å². The van der Waals surface area contributed by atoms with Gasteiger partial charge < -0.3 is 5.32 Å². The van der Waals surface area contributed by atoms with Gasteiger partial charge in [0.1, 0.15) is 18.2 Å². The lowest BCUT2D eigenvalue weighted by atomic mass is 10.1. The Hall–Kier alpha value is -3.55. The van der Waals surface area contributed by atoms with E-state index in [0.29, 0.717) is 12.1 Å². The molecule has 0 bridgehead atoms. The molecule has 8 heteroatoms. The van der Waals surface area contributed by atoms with Crippen molar-refractivity contribution in [3.63, 3.8) is 0 Å². The lowest BCUT2D eigenvalue weighted by molar-refractivity contribution is -0.385. The summed E-state index contributed by atoms with van der Waals surface area (Å²) >= 11 is 0. The number of nitro groups is 1. The largest absolute Gasteiger partial charge is 0.348 e. The van der Waals surface area contributed by atoms with Gasteiger partial charge in [-0.25, -0.2) is 9.67 Å². The molecule has 8 nitrogen and oxygen atoms in total. The van der Waals surface area contributed by atoms with Gasteiger partial charge in [-0.2, -0.15) is 5.10 Å². The van der Waals surface area contributed by atoms with E-state index in [2.05, 4.69) is 15.4 Å². The number of hydrogen-bond donors (Lipinski definition) is 1. The third-order valence-electron chi connectivity index (χ3n) is 4.02. The maximum Gasteiger partial charge on any atom is 0.285 e. The summed E-state index contributed by atoms with van der Waals surface area (Å²) in [5.74, 6) is -0.476. The summed E-state index contributed by atoms with van der Waals surface area (Å²) in [6.07, 6.45) is 3.08. The summed E-state index contributed by atoms with van der Waals surface area (Å²) in [6.45, 7) is 2.40. The quantitative estimate of drug-likeness (QED) is 0.543. The highest BCUT2D eigenvalue weighted by Crippen LogP contribution is 2.23. The molecule has 1 N–H and O–H groups in total. The Labute approximate surface area is 149 Å². The van der Waals surface area contributed by atoms with Crippen LogP contribution in [0.4, 0.5) is 5.69 Å². The van der Waals surface area contributed by atoms with E-state index in [0.717, 1.165) is 11.1 Å². The van der Waals surface area contributed by atoms with Crippen LogP contribution in [0.25, 0.3) is 0 Å². The van der Waals surface area contributed by atoms with Crippen LogP contribution in [0, 0.1) is 17.0 Å². The molecule has 0 spiro atoms. The molecule has 0 unspecified atom stereocenters. The molecule has 0 fully saturated rings. The van der Waals surface area contributed by atoms with Crippen molar-refractivity contribution in [1.82, 2.24) is 20.1 Å². The third kappa shape index (κ3) is 3.75. The van der Waals surface area contributed by atoms with E-state index in [1.807, 2.05) is 24.3 Å². The Morgan fingerprint density at radius 1 is 1.19 bits per heavy atom. The number of carbonyl (C=O) groups excluding carboxylic acids is 1.